The van der Waals surface area contributed by atoms with Gasteiger partial charge in [0, 0.05) is 11.6 Å². The maximum absolute atomic E-state index is 12.7. The molecular formula is C15H18F3N5O. The van der Waals surface area contributed by atoms with Crippen molar-refractivity contribution in [2.45, 2.75) is 39.5 Å². The van der Waals surface area contributed by atoms with Gasteiger partial charge in [-0.05, 0) is 30.2 Å². The maximum Gasteiger partial charge on any atom is 0.416 e. The first-order valence-electron chi connectivity index (χ1n) is 7.41. The van der Waals surface area contributed by atoms with E-state index in [1.54, 1.807) is 0 Å². The van der Waals surface area contributed by atoms with Crippen LogP contribution in [0.4, 0.5) is 13.2 Å². The number of carbonyl (C=O) groups is 1. The van der Waals surface area contributed by atoms with E-state index in [4.69, 9.17) is 0 Å². The topological polar surface area (TPSA) is 72.7 Å². The summed E-state index contributed by atoms with van der Waals surface area (Å²) in [6.07, 6.45) is -4.45. The summed E-state index contributed by atoms with van der Waals surface area (Å²) in [5.74, 6) is 0.0216. The van der Waals surface area contributed by atoms with Crippen molar-refractivity contribution in [3.63, 3.8) is 0 Å². The van der Waals surface area contributed by atoms with Crippen molar-refractivity contribution in [2.75, 3.05) is 0 Å². The van der Waals surface area contributed by atoms with Crippen LogP contribution in [0.1, 0.15) is 26.3 Å². The minimum atomic E-state index is -4.45. The number of alkyl halides is 3. The normalized spacial score (nSPS) is 13.1. The zero-order valence-corrected chi connectivity index (χ0v) is 13.5. The van der Waals surface area contributed by atoms with Crippen LogP contribution in [-0.4, -0.2) is 32.2 Å². The quantitative estimate of drug-likeness (QED) is 0.907. The zero-order valence-electron chi connectivity index (χ0n) is 13.5. The highest BCUT2D eigenvalue weighted by molar-refractivity contribution is 5.75. The molecule has 2 rings (SSSR count). The number of rotatable bonds is 5. The van der Waals surface area contributed by atoms with Gasteiger partial charge in [0.15, 0.2) is 0 Å². The molecule has 0 radical (unpaired) electrons. The van der Waals surface area contributed by atoms with Gasteiger partial charge in [0.2, 0.25) is 11.7 Å². The van der Waals surface area contributed by atoms with Gasteiger partial charge in [0.25, 0.3) is 0 Å². The van der Waals surface area contributed by atoms with Crippen LogP contribution in [0.15, 0.2) is 24.3 Å². The van der Waals surface area contributed by atoms with Crippen molar-refractivity contribution >= 4 is 5.91 Å². The maximum atomic E-state index is 12.7. The van der Waals surface area contributed by atoms with Gasteiger partial charge in [0.05, 0.1) is 5.56 Å². The smallest absolute Gasteiger partial charge is 0.352 e. The van der Waals surface area contributed by atoms with E-state index < -0.39 is 11.7 Å². The highest BCUT2D eigenvalue weighted by atomic mass is 19.4. The number of amides is 1. The van der Waals surface area contributed by atoms with E-state index in [0.29, 0.717) is 0 Å². The van der Waals surface area contributed by atoms with Crippen LogP contribution in [0.3, 0.4) is 0 Å². The third-order valence-corrected chi connectivity index (χ3v) is 3.57. The lowest BCUT2D eigenvalue weighted by Gasteiger charge is -2.16. The molecule has 1 atom stereocenters. The van der Waals surface area contributed by atoms with Gasteiger partial charge in [0.1, 0.15) is 6.54 Å². The van der Waals surface area contributed by atoms with Gasteiger partial charge < -0.3 is 5.32 Å². The summed E-state index contributed by atoms with van der Waals surface area (Å²) in [4.78, 5) is 12.9. The van der Waals surface area contributed by atoms with Gasteiger partial charge in [-0.3, -0.25) is 4.79 Å². The number of halogens is 3. The van der Waals surface area contributed by atoms with Gasteiger partial charge in [-0.25, -0.2) is 0 Å². The predicted octanol–water partition coefficient (Wildman–Crippen LogP) is 2.52. The molecule has 1 aromatic heterocycles. The molecule has 0 bridgehead atoms. The molecule has 0 aliphatic carbocycles. The summed E-state index contributed by atoms with van der Waals surface area (Å²) in [5.41, 5.74) is -0.605. The fourth-order valence-electron chi connectivity index (χ4n) is 1.86. The van der Waals surface area contributed by atoms with Crippen molar-refractivity contribution in [3.05, 3.63) is 29.8 Å². The second-order valence-electron chi connectivity index (χ2n) is 5.82. The average molecular weight is 341 g/mol. The number of nitrogens with zero attached hydrogens (tertiary/aromatic N) is 4. The van der Waals surface area contributed by atoms with Crippen LogP contribution in [0, 0.1) is 5.92 Å². The minimum Gasteiger partial charge on any atom is -0.352 e. The molecule has 2 aromatic rings. The van der Waals surface area contributed by atoms with Gasteiger partial charge in [-0.2, -0.15) is 18.0 Å². The van der Waals surface area contributed by atoms with E-state index in [9.17, 15) is 18.0 Å². The van der Waals surface area contributed by atoms with Crippen LogP contribution in [0.2, 0.25) is 0 Å². The molecule has 0 fully saturated rings. The molecule has 0 saturated heterocycles. The number of carbonyl (C=O) groups excluding carboxylic acids is 1. The predicted molar refractivity (Wildman–Crippen MR) is 80.7 cm³/mol. The Kier molecular flexibility index (Phi) is 5.20. The fourth-order valence-corrected chi connectivity index (χ4v) is 1.86. The summed E-state index contributed by atoms with van der Waals surface area (Å²) in [7, 11) is 0. The summed E-state index contributed by atoms with van der Waals surface area (Å²) < 4.78 is 38.2. The number of tetrazole rings is 1. The Morgan fingerprint density at radius 3 is 2.62 bits per heavy atom. The zero-order chi connectivity index (χ0) is 17.9. The molecule has 1 amide bonds. The van der Waals surface area contributed by atoms with Gasteiger partial charge in [-0.1, -0.05) is 26.0 Å². The number of aromatic nitrogens is 4. The monoisotopic (exact) mass is 341 g/mol. The van der Waals surface area contributed by atoms with E-state index in [2.05, 4.69) is 20.7 Å². The Balaban J connectivity index is 2.10. The average Bonchev–Trinajstić information content (AvgIpc) is 2.94. The van der Waals surface area contributed by atoms with E-state index in [1.807, 2.05) is 20.8 Å². The molecule has 6 nitrogen and oxygen atoms in total. The Bertz CT molecular complexity index is 711. The SMILES string of the molecule is CC(C)[C@@H](C)NC(=O)Cn1nnc(-c2cccc(C(F)(F)F)c2)n1. The second-order valence-corrected chi connectivity index (χ2v) is 5.82. The number of hydrogen-bond donors (Lipinski definition) is 1. The lowest BCUT2D eigenvalue weighted by molar-refractivity contribution is -0.137. The van der Waals surface area contributed by atoms with E-state index in [-0.39, 0.29) is 35.8 Å². The van der Waals surface area contributed by atoms with Crippen molar-refractivity contribution in [1.29, 1.82) is 0 Å². The molecule has 1 N–H and O–H groups in total. The Labute approximate surface area is 137 Å². The summed E-state index contributed by atoms with van der Waals surface area (Å²) in [5, 5.41) is 14.2. The first-order chi connectivity index (χ1) is 11.2. The lowest BCUT2D eigenvalue weighted by atomic mass is 10.1. The molecule has 1 aromatic carbocycles. The summed E-state index contributed by atoms with van der Waals surface area (Å²) in [6.45, 7) is 5.68. The molecule has 24 heavy (non-hydrogen) atoms. The molecular weight excluding hydrogens is 323 g/mol. The molecule has 0 spiro atoms. The van der Waals surface area contributed by atoms with E-state index in [1.165, 1.54) is 12.1 Å². The van der Waals surface area contributed by atoms with Crippen LogP contribution in [0.5, 0.6) is 0 Å². The summed E-state index contributed by atoms with van der Waals surface area (Å²) >= 11 is 0. The van der Waals surface area contributed by atoms with Gasteiger partial charge >= 0.3 is 6.18 Å². The van der Waals surface area contributed by atoms with E-state index >= 15 is 0 Å². The molecule has 0 aliphatic rings. The van der Waals surface area contributed by atoms with Crippen LogP contribution in [-0.2, 0) is 17.5 Å². The van der Waals surface area contributed by atoms with Crippen molar-refractivity contribution in [3.8, 4) is 11.4 Å². The third-order valence-electron chi connectivity index (χ3n) is 3.57. The van der Waals surface area contributed by atoms with E-state index in [0.717, 1.165) is 16.9 Å². The Hall–Kier alpha value is -2.45. The number of hydrogen-bond acceptors (Lipinski definition) is 4. The summed E-state index contributed by atoms with van der Waals surface area (Å²) in [6, 6.07) is 4.63. The van der Waals surface area contributed by atoms with Crippen molar-refractivity contribution in [1.82, 2.24) is 25.5 Å². The number of nitrogens with one attached hydrogen (secondary N) is 1. The highest BCUT2D eigenvalue weighted by Gasteiger charge is 2.30. The van der Waals surface area contributed by atoms with Crippen LogP contribution >= 0.6 is 0 Å². The molecule has 0 unspecified atom stereocenters. The number of benzene rings is 1. The molecule has 0 saturated carbocycles. The third kappa shape index (κ3) is 4.53. The minimum absolute atomic E-state index is 0.0102. The Morgan fingerprint density at radius 1 is 1.29 bits per heavy atom. The molecule has 9 heteroatoms. The molecule has 0 aliphatic heterocycles. The second kappa shape index (κ2) is 6.98. The van der Waals surface area contributed by atoms with Crippen molar-refractivity contribution < 1.29 is 18.0 Å². The Morgan fingerprint density at radius 2 is 2.00 bits per heavy atom. The van der Waals surface area contributed by atoms with Gasteiger partial charge in [-0.15, -0.1) is 10.2 Å². The van der Waals surface area contributed by atoms with Crippen LogP contribution < -0.4 is 5.32 Å². The standard InChI is InChI=1S/C15H18F3N5O/c1-9(2)10(3)19-13(24)8-23-21-14(20-22-23)11-5-4-6-12(7-11)15(16,17)18/h4-7,9-10H,8H2,1-3H3,(H,19,24)/t10-/m1/s1. The largest absolute Gasteiger partial charge is 0.416 e. The lowest BCUT2D eigenvalue weighted by Crippen LogP contribution is -2.38. The van der Waals surface area contributed by atoms with Crippen LogP contribution in [0.25, 0.3) is 11.4 Å². The first kappa shape index (κ1) is 17.9. The molecule has 1 heterocycles. The first-order valence-corrected chi connectivity index (χ1v) is 7.41. The highest BCUT2D eigenvalue weighted by Crippen LogP contribution is 2.31. The van der Waals surface area contributed by atoms with Crippen molar-refractivity contribution in [2.24, 2.45) is 5.92 Å². The fraction of sp³-hybridized carbons (Fsp3) is 0.467. The molecule has 130 valence electrons.